The van der Waals surface area contributed by atoms with Crippen molar-refractivity contribution in [1.29, 1.82) is 0 Å². The second-order valence-electron chi connectivity index (χ2n) is 5.13. The summed E-state index contributed by atoms with van der Waals surface area (Å²) in [5, 5.41) is 0. The van der Waals surface area contributed by atoms with Gasteiger partial charge in [-0.15, -0.1) is 0 Å². The smallest absolute Gasteiger partial charge is 0.235 e. The van der Waals surface area contributed by atoms with E-state index in [0.29, 0.717) is 12.0 Å². The van der Waals surface area contributed by atoms with Crippen molar-refractivity contribution in [2.75, 3.05) is 17.2 Å². The molecule has 0 bridgehead atoms. The van der Waals surface area contributed by atoms with E-state index in [1.807, 2.05) is 0 Å². The Hall–Kier alpha value is -2.22. The van der Waals surface area contributed by atoms with Crippen LogP contribution in [0.4, 0.5) is 14.5 Å². The zero-order valence-electron chi connectivity index (χ0n) is 13.4. The molecular weight excluding hydrogens is 338 g/mol. The fraction of sp³-hybridized carbons (Fsp3) is 0.312. The summed E-state index contributed by atoms with van der Waals surface area (Å²) >= 11 is 0. The van der Waals surface area contributed by atoms with E-state index in [2.05, 4.69) is 4.98 Å². The molecule has 1 heterocycles. The Labute approximate surface area is 139 Å². The van der Waals surface area contributed by atoms with Crippen molar-refractivity contribution in [3.63, 3.8) is 0 Å². The number of anilines is 1. The quantitative estimate of drug-likeness (QED) is 0.715. The van der Waals surface area contributed by atoms with Gasteiger partial charge in [-0.1, -0.05) is 13.0 Å². The summed E-state index contributed by atoms with van der Waals surface area (Å²) in [7, 11) is -2.30. The van der Waals surface area contributed by atoms with E-state index in [1.54, 1.807) is 13.0 Å². The lowest BCUT2D eigenvalue weighted by Gasteiger charge is -2.24. The Bertz CT molecular complexity index is 795. The summed E-state index contributed by atoms with van der Waals surface area (Å²) in [6.07, 6.45) is 1.56. The van der Waals surface area contributed by atoms with E-state index >= 15 is 0 Å². The first kappa shape index (κ1) is 18.1. The largest absolute Gasteiger partial charge is 0.494 e. The number of hydrogen-bond acceptors (Lipinski definition) is 4. The third-order valence-electron chi connectivity index (χ3n) is 3.34. The van der Waals surface area contributed by atoms with Gasteiger partial charge in [0.05, 0.1) is 31.3 Å². The van der Waals surface area contributed by atoms with Crippen LogP contribution in [-0.2, 0) is 16.6 Å². The third-order valence-corrected chi connectivity index (χ3v) is 5.28. The van der Waals surface area contributed by atoms with Crippen molar-refractivity contribution in [3.05, 3.63) is 53.9 Å². The minimum Gasteiger partial charge on any atom is -0.494 e. The molecule has 0 spiro atoms. The van der Waals surface area contributed by atoms with Gasteiger partial charge in [0.2, 0.25) is 16.0 Å². The van der Waals surface area contributed by atoms with Crippen molar-refractivity contribution < 1.29 is 21.9 Å². The standard InChI is InChI=1S/C16H18F2N2O3S/c1-3-8-24(21,22)20(13-5-7-16(18)19-10-13)11-12-4-6-15(23-2)14(17)9-12/h4-7,9-10H,3,8,11H2,1-2H3. The monoisotopic (exact) mass is 356 g/mol. The first-order chi connectivity index (χ1) is 11.4. The molecule has 0 aliphatic heterocycles. The predicted octanol–water partition coefficient (Wildman–Crippen LogP) is 3.11. The van der Waals surface area contributed by atoms with Gasteiger partial charge in [-0.2, -0.15) is 4.39 Å². The Morgan fingerprint density at radius 2 is 1.96 bits per heavy atom. The molecule has 0 saturated heterocycles. The molecule has 0 saturated carbocycles. The molecule has 0 atom stereocenters. The molecule has 0 N–H and O–H groups in total. The fourth-order valence-electron chi connectivity index (χ4n) is 2.21. The zero-order chi connectivity index (χ0) is 17.7. The van der Waals surface area contributed by atoms with Crippen molar-refractivity contribution >= 4 is 15.7 Å². The van der Waals surface area contributed by atoms with Crippen LogP contribution in [0.3, 0.4) is 0 Å². The number of benzene rings is 1. The maximum atomic E-state index is 13.8. The minimum absolute atomic E-state index is 0.0742. The van der Waals surface area contributed by atoms with Gasteiger partial charge < -0.3 is 4.74 Å². The topological polar surface area (TPSA) is 59.5 Å². The lowest BCUT2D eigenvalue weighted by Crippen LogP contribution is -2.32. The number of pyridine rings is 1. The molecule has 0 aliphatic carbocycles. The number of rotatable bonds is 7. The first-order valence-electron chi connectivity index (χ1n) is 7.31. The van der Waals surface area contributed by atoms with Gasteiger partial charge >= 0.3 is 0 Å². The van der Waals surface area contributed by atoms with Gasteiger partial charge in [0.15, 0.2) is 11.6 Å². The maximum absolute atomic E-state index is 13.8. The average molecular weight is 356 g/mol. The molecule has 8 heteroatoms. The molecule has 2 aromatic rings. The van der Waals surface area contributed by atoms with Crippen LogP contribution in [0.2, 0.25) is 0 Å². The fourth-order valence-corrected chi connectivity index (χ4v) is 3.72. The molecule has 0 fully saturated rings. The van der Waals surface area contributed by atoms with Crippen LogP contribution in [0, 0.1) is 11.8 Å². The lowest BCUT2D eigenvalue weighted by atomic mass is 10.2. The van der Waals surface area contributed by atoms with Crippen molar-refractivity contribution in [3.8, 4) is 5.75 Å². The van der Waals surface area contributed by atoms with E-state index in [4.69, 9.17) is 4.74 Å². The van der Waals surface area contributed by atoms with Gasteiger partial charge in [0.25, 0.3) is 0 Å². The highest BCUT2D eigenvalue weighted by molar-refractivity contribution is 7.92. The molecule has 0 aliphatic rings. The van der Waals surface area contributed by atoms with Crippen LogP contribution in [0.25, 0.3) is 0 Å². The molecule has 130 valence electrons. The zero-order valence-corrected chi connectivity index (χ0v) is 14.2. The van der Waals surface area contributed by atoms with Crippen LogP contribution < -0.4 is 9.04 Å². The Morgan fingerprint density at radius 3 is 2.50 bits per heavy atom. The summed E-state index contributed by atoms with van der Waals surface area (Å²) in [5.74, 6) is -1.30. The third kappa shape index (κ3) is 4.19. The highest BCUT2D eigenvalue weighted by Gasteiger charge is 2.23. The molecule has 1 aromatic carbocycles. The predicted molar refractivity (Wildman–Crippen MR) is 87.4 cm³/mol. The summed E-state index contributed by atoms with van der Waals surface area (Å²) in [4.78, 5) is 3.49. The lowest BCUT2D eigenvalue weighted by molar-refractivity contribution is 0.386. The first-order valence-corrected chi connectivity index (χ1v) is 8.92. The van der Waals surface area contributed by atoms with Gasteiger partial charge in [0, 0.05) is 0 Å². The van der Waals surface area contributed by atoms with Crippen LogP contribution in [-0.4, -0.2) is 26.3 Å². The molecule has 5 nitrogen and oxygen atoms in total. The van der Waals surface area contributed by atoms with E-state index in [0.717, 1.165) is 16.6 Å². The maximum Gasteiger partial charge on any atom is 0.235 e. The summed E-state index contributed by atoms with van der Waals surface area (Å²) in [6, 6.07) is 6.63. The Morgan fingerprint density at radius 1 is 1.21 bits per heavy atom. The number of sulfonamides is 1. The normalized spacial score (nSPS) is 11.3. The van der Waals surface area contributed by atoms with Crippen molar-refractivity contribution in [2.24, 2.45) is 0 Å². The van der Waals surface area contributed by atoms with Crippen molar-refractivity contribution in [2.45, 2.75) is 19.9 Å². The number of methoxy groups -OCH3 is 1. The van der Waals surface area contributed by atoms with E-state index in [-0.39, 0.29) is 23.7 Å². The number of halogens is 2. The molecule has 0 unspecified atom stereocenters. The Kier molecular flexibility index (Phi) is 5.71. The molecule has 1 aromatic heterocycles. The van der Waals surface area contributed by atoms with E-state index in [1.165, 1.54) is 25.3 Å². The number of aromatic nitrogens is 1. The van der Waals surface area contributed by atoms with Crippen LogP contribution in [0.1, 0.15) is 18.9 Å². The Balaban J connectivity index is 2.39. The van der Waals surface area contributed by atoms with Gasteiger partial charge in [-0.3, -0.25) is 4.31 Å². The number of nitrogens with zero attached hydrogens (tertiary/aromatic N) is 2. The molecule has 0 radical (unpaired) electrons. The van der Waals surface area contributed by atoms with Gasteiger partial charge in [0.1, 0.15) is 0 Å². The molecule has 2 rings (SSSR count). The SMILES string of the molecule is CCCS(=O)(=O)N(Cc1ccc(OC)c(F)c1)c1ccc(F)nc1. The highest BCUT2D eigenvalue weighted by atomic mass is 32.2. The van der Waals surface area contributed by atoms with Crippen LogP contribution in [0.5, 0.6) is 5.75 Å². The second kappa shape index (κ2) is 7.57. The average Bonchev–Trinajstić information content (AvgIpc) is 2.53. The number of hydrogen-bond donors (Lipinski definition) is 0. The summed E-state index contributed by atoms with van der Waals surface area (Å²) < 4.78 is 57.8. The molecule has 0 amide bonds. The van der Waals surface area contributed by atoms with Gasteiger partial charge in [-0.05, 0) is 36.2 Å². The molecule has 24 heavy (non-hydrogen) atoms. The summed E-state index contributed by atoms with van der Waals surface area (Å²) in [5.41, 5.74) is 0.665. The van der Waals surface area contributed by atoms with E-state index < -0.39 is 21.8 Å². The molecular formula is C16H18F2N2O3S. The minimum atomic E-state index is -3.65. The van der Waals surface area contributed by atoms with Crippen molar-refractivity contribution in [1.82, 2.24) is 4.98 Å². The second-order valence-corrected chi connectivity index (χ2v) is 7.14. The van der Waals surface area contributed by atoms with Crippen LogP contribution >= 0.6 is 0 Å². The van der Waals surface area contributed by atoms with Crippen LogP contribution in [0.15, 0.2) is 36.5 Å². The van der Waals surface area contributed by atoms with E-state index in [9.17, 15) is 17.2 Å². The summed E-state index contributed by atoms with van der Waals surface area (Å²) in [6.45, 7) is 1.66. The number of ether oxygens (including phenoxy) is 1. The highest BCUT2D eigenvalue weighted by Crippen LogP contribution is 2.24. The van der Waals surface area contributed by atoms with Gasteiger partial charge in [-0.25, -0.2) is 17.8 Å².